The Labute approximate surface area is 229 Å². The summed E-state index contributed by atoms with van der Waals surface area (Å²) in [5, 5.41) is 2.59. The van der Waals surface area contributed by atoms with Crippen LogP contribution in [-0.4, -0.2) is 29.8 Å². The number of para-hydroxylation sites is 1. The highest BCUT2D eigenvalue weighted by Crippen LogP contribution is 2.31. The summed E-state index contributed by atoms with van der Waals surface area (Å²) in [4.78, 5) is 29.4. The number of imidazole rings is 1. The summed E-state index contributed by atoms with van der Waals surface area (Å²) in [6.45, 7) is 3.66. The molecule has 40 heavy (non-hydrogen) atoms. The molecule has 0 saturated carbocycles. The number of hydrogen-bond acceptors (Lipinski definition) is 5. The van der Waals surface area contributed by atoms with Crippen LogP contribution in [0.4, 0.5) is 18.9 Å². The van der Waals surface area contributed by atoms with E-state index in [0.717, 1.165) is 25.0 Å². The zero-order chi connectivity index (χ0) is 29.1. The van der Waals surface area contributed by atoms with E-state index >= 15 is 0 Å². The first-order chi connectivity index (χ1) is 18.9. The number of sulfonamides is 1. The molecule has 2 amide bonds. The molecule has 0 fully saturated rings. The Morgan fingerprint density at radius 1 is 0.975 bits per heavy atom. The zero-order valence-corrected chi connectivity index (χ0v) is 22.6. The van der Waals surface area contributed by atoms with Gasteiger partial charge in [-0.2, -0.15) is 13.2 Å². The Hall–Kier alpha value is -4.19. The fourth-order valence-electron chi connectivity index (χ4n) is 4.26. The Morgan fingerprint density at radius 2 is 1.68 bits per heavy atom. The van der Waals surface area contributed by atoms with Crippen molar-refractivity contribution in [3.05, 3.63) is 83.7 Å². The largest absolute Gasteiger partial charge is 0.416 e. The van der Waals surface area contributed by atoms with Gasteiger partial charge in [0.25, 0.3) is 15.9 Å². The summed E-state index contributed by atoms with van der Waals surface area (Å²) < 4.78 is 68.4. The molecule has 4 rings (SSSR count). The van der Waals surface area contributed by atoms with Crippen LogP contribution < -0.4 is 10.0 Å². The van der Waals surface area contributed by atoms with Crippen LogP contribution in [0.5, 0.6) is 0 Å². The molecule has 210 valence electrons. The monoisotopic (exact) mass is 572 g/mol. The summed E-state index contributed by atoms with van der Waals surface area (Å²) >= 11 is 0. The average molecular weight is 573 g/mol. The van der Waals surface area contributed by atoms with Crippen molar-refractivity contribution in [3.63, 3.8) is 0 Å². The van der Waals surface area contributed by atoms with Crippen molar-refractivity contribution in [3.8, 4) is 5.69 Å². The van der Waals surface area contributed by atoms with Crippen LogP contribution in [0.2, 0.25) is 0 Å². The number of unbranched alkanes of at least 4 members (excludes halogenated alkanes) is 2. The van der Waals surface area contributed by atoms with Crippen molar-refractivity contribution in [1.29, 1.82) is 0 Å². The normalized spacial score (nSPS) is 11.9. The van der Waals surface area contributed by atoms with Gasteiger partial charge in [0.05, 0.1) is 22.3 Å². The number of halogens is 3. The summed E-state index contributed by atoms with van der Waals surface area (Å²) in [5.74, 6) is -0.738. The molecule has 0 bridgehead atoms. The number of benzene rings is 3. The lowest BCUT2D eigenvalue weighted by Gasteiger charge is -2.13. The maximum absolute atomic E-state index is 13.1. The van der Waals surface area contributed by atoms with Gasteiger partial charge in [-0.25, -0.2) is 18.1 Å². The van der Waals surface area contributed by atoms with Gasteiger partial charge >= 0.3 is 6.18 Å². The number of amides is 2. The van der Waals surface area contributed by atoms with E-state index in [-0.39, 0.29) is 22.6 Å². The zero-order valence-electron chi connectivity index (χ0n) is 21.7. The lowest BCUT2D eigenvalue weighted by atomic mass is 10.1. The molecular formula is C28H27F3N4O4S. The third-order valence-corrected chi connectivity index (χ3v) is 7.65. The second-order valence-corrected chi connectivity index (χ2v) is 10.8. The first-order valence-corrected chi connectivity index (χ1v) is 14.0. The summed E-state index contributed by atoms with van der Waals surface area (Å²) in [7, 11) is -4.24. The van der Waals surface area contributed by atoms with E-state index in [2.05, 4.69) is 15.0 Å². The molecular weight excluding hydrogens is 545 g/mol. The van der Waals surface area contributed by atoms with Crippen LogP contribution in [-0.2, 0) is 21.0 Å². The van der Waals surface area contributed by atoms with Gasteiger partial charge in [-0.1, -0.05) is 31.9 Å². The van der Waals surface area contributed by atoms with E-state index in [1.807, 2.05) is 6.92 Å². The highest BCUT2D eigenvalue weighted by Gasteiger charge is 2.30. The molecule has 0 radical (unpaired) electrons. The van der Waals surface area contributed by atoms with Gasteiger partial charge in [-0.15, -0.1) is 0 Å². The van der Waals surface area contributed by atoms with Gasteiger partial charge < -0.3 is 5.32 Å². The van der Waals surface area contributed by atoms with E-state index in [1.54, 1.807) is 23.6 Å². The van der Waals surface area contributed by atoms with Gasteiger partial charge in [0.1, 0.15) is 10.7 Å². The second-order valence-electron chi connectivity index (χ2n) is 9.18. The number of carbonyl (C=O) groups excluding carboxylic acids is 2. The number of anilines is 1. The van der Waals surface area contributed by atoms with E-state index in [0.29, 0.717) is 29.0 Å². The van der Waals surface area contributed by atoms with Crippen LogP contribution in [0.15, 0.2) is 71.6 Å². The average Bonchev–Trinajstić information content (AvgIpc) is 3.23. The minimum absolute atomic E-state index is 0.00656. The van der Waals surface area contributed by atoms with Crippen molar-refractivity contribution in [2.24, 2.45) is 0 Å². The molecule has 0 atom stereocenters. The number of aromatic nitrogens is 2. The molecule has 0 spiro atoms. The van der Waals surface area contributed by atoms with Crippen LogP contribution in [0.25, 0.3) is 16.7 Å². The first-order valence-electron chi connectivity index (χ1n) is 12.5. The minimum Gasteiger partial charge on any atom is -0.321 e. The quantitative estimate of drug-likeness (QED) is 0.240. The summed E-state index contributed by atoms with van der Waals surface area (Å²) in [6, 6.07) is 15.0. The molecule has 0 aliphatic carbocycles. The van der Waals surface area contributed by atoms with E-state index in [4.69, 9.17) is 0 Å². The molecule has 3 aromatic carbocycles. The van der Waals surface area contributed by atoms with E-state index in [9.17, 15) is 31.2 Å². The third kappa shape index (κ3) is 6.33. The molecule has 0 aliphatic heterocycles. The highest BCUT2D eigenvalue weighted by molar-refractivity contribution is 7.90. The van der Waals surface area contributed by atoms with Crippen LogP contribution in [0.1, 0.15) is 54.4 Å². The molecule has 1 heterocycles. The maximum Gasteiger partial charge on any atom is 0.416 e. The van der Waals surface area contributed by atoms with Gasteiger partial charge in [0, 0.05) is 17.7 Å². The Balaban J connectivity index is 1.57. The third-order valence-electron chi connectivity index (χ3n) is 6.22. The number of nitrogens with zero attached hydrogens (tertiary/aromatic N) is 2. The maximum atomic E-state index is 13.1. The molecule has 8 nitrogen and oxygen atoms in total. The van der Waals surface area contributed by atoms with Gasteiger partial charge in [0.2, 0.25) is 5.91 Å². The summed E-state index contributed by atoms with van der Waals surface area (Å²) in [6.07, 6.45) is -2.14. The van der Waals surface area contributed by atoms with E-state index in [1.165, 1.54) is 42.5 Å². The number of hydrogen-bond donors (Lipinski definition) is 2. The van der Waals surface area contributed by atoms with Crippen molar-refractivity contribution < 1.29 is 31.2 Å². The number of fused-ring (bicyclic) bond motifs is 1. The van der Waals surface area contributed by atoms with Crippen LogP contribution in [0.3, 0.4) is 0 Å². The standard InChI is InChI=1S/C28H27F3N4O4S/c1-3-4-5-10-26(36)34-40(38,39)25-9-7-6-8-22(25)33-27(37)19-11-16-24-23(17-19)32-18(2)35(24)21-14-12-20(13-15-21)28(29,30)31/h6-9,11-17H,3-5,10H2,1-2H3,(H,33,37)(H,34,36). The molecule has 1 aromatic heterocycles. The topological polar surface area (TPSA) is 110 Å². The Bertz CT molecular complexity index is 1660. The number of alkyl halides is 3. The van der Waals surface area contributed by atoms with Gasteiger partial charge in [-0.3, -0.25) is 14.2 Å². The second kappa shape index (κ2) is 11.5. The van der Waals surface area contributed by atoms with Crippen molar-refractivity contribution in [1.82, 2.24) is 14.3 Å². The fraction of sp³-hybridized carbons (Fsp3) is 0.250. The molecule has 4 aromatic rings. The number of carbonyl (C=O) groups is 2. The molecule has 12 heteroatoms. The van der Waals surface area contributed by atoms with Crippen LogP contribution >= 0.6 is 0 Å². The molecule has 0 saturated heterocycles. The Morgan fingerprint density at radius 3 is 2.35 bits per heavy atom. The predicted molar refractivity (Wildman–Crippen MR) is 145 cm³/mol. The number of rotatable bonds is 9. The molecule has 0 unspecified atom stereocenters. The smallest absolute Gasteiger partial charge is 0.321 e. The van der Waals surface area contributed by atoms with Crippen molar-refractivity contribution in [2.75, 3.05) is 5.32 Å². The molecule has 0 aliphatic rings. The fourth-order valence-corrected chi connectivity index (χ4v) is 5.44. The lowest BCUT2D eigenvalue weighted by Crippen LogP contribution is -2.31. The first kappa shape index (κ1) is 28.8. The highest BCUT2D eigenvalue weighted by atomic mass is 32.2. The number of aryl methyl sites for hydroxylation is 1. The molecule has 2 N–H and O–H groups in total. The van der Waals surface area contributed by atoms with E-state index < -0.39 is 33.6 Å². The van der Waals surface area contributed by atoms with Gasteiger partial charge in [0.15, 0.2) is 0 Å². The van der Waals surface area contributed by atoms with Crippen molar-refractivity contribution in [2.45, 2.75) is 50.6 Å². The van der Waals surface area contributed by atoms with Crippen LogP contribution in [0, 0.1) is 6.92 Å². The minimum atomic E-state index is -4.45. The number of nitrogens with one attached hydrogen (secondary N) is 2. The Kier molecular flexibility index (Phi) is 8.29. The summed E-state index contributed by atoms with van der Waals surface area (Å²) in [5.41, 5.74) is 0.873. The predicted octanol–water partition coefficient (Wildman–Crippen LogP) is 5.99. The lowest BCUT2D eigenvalue weighted by molar-refractivity contribution is -0.137. The van der Waals surface area contributed by atoms with Gasteiger partial charge in [-0.05, 0) is 67.9 Å². The SMILES string of the molecule is CCCCCC(=O)NS(=O)(=O)c1ccccc1NC(=O)c1ccc2c(c1)nc(C)n2-c1ccc(C(F)(F)F)cc1. The van der Waals surface area contributed by atoms with Crippen molar-refractivity contribution >= 4 is 38.6 Å².